The molecule has 0 aliphatic carbocycles. The normalized spacial score (nSPS) is 12.8. The first kappa shape index (κ1) is 10.3. The number of rotatable bonds is 3. The van der Waals surface area contributed by atoms with E-state index in [0.29, 0.717) is 11.1 Å². The molecule has 0 saturated heterocycles. The first-order valence-electron chi connectivity index (χ1n) is 3.61. The van der Waals surface area contributed by atoms with E-state index >= 15 is 0 Å². The van der Waals surface area contributed by atoms with E-state index in [0.717, 1.165) is 0 Å². The summed E-state index contributed by atoms with van der Waals surface area (Å²) in [7, 11) is 0. The average molecular weight is 201 g/mol. The average Bonchev–Trinajstić information content (AvgIpc) is 2.16. The van der Waals surface area contributed by atoms with Crippen LogP contribution < -0.4 is 0 Å². The highest BCUT2D eigenvalue weighted by atomic mass is 32.2. The van der Waals surface area contributed by atoms with Crippen LogP contribution >= 0.6 is 0 Å². The summed E-state index contributed by atoms with van der Waals surface area (Å²) in [6.07, 6.45) is 0. The van der Waals surface area contributed by atoms with Gasteiger partial charge in [0.2, 0.25) is 0 Å². The van der Waals surface area contributed by atoms with E-state index in [1.165, 1.54) is 12.1 Å². The lowest BCUT2D eigenvalue weighted by atomic mass is 10.1. The van der Waals surface area contributed by atoms with Gasteiger partial charge >= 0.3 is 0 Å². The molecule has 13 heavy (non-hydrogen) atoms. The molecule has 1 unspecified atom stereocenters. The van der Waals surface area contributed by atoms with E-state index in [2.05, 4.69) is 0 Å². The summed E-state index contributed by atoms with van der Waals surface area (Å²) < 4.78 is 21.1. The van der Waals surface area contributed by atoms with E-state index in [4.69, 9.17) is 10.2 Å². The van der Waals surface area contributed by atoms with Gasteiger partial charge in [0.25, 0.3) is 0 Å². The molecule has 1 atom stereocenters. The van der Waals surface area contributed by atoms with Gasteiger partial charge in [-0.15, -0.1) is 0 Å². The summed E-state index contributed by atoms with van der Waals surface area (Å²) in [5, 5.41) is 17.6. The van der Waals surface area contributed by atoms with Crippen molar-refractivity contribution in [2.75, 3.05) is 0 Å². The topological polar surface area (TPSA) is 80.6 Å². The fraction of sp³-hybridized carbons (Fsp3) is 0.250. The lowest BCUT2D eigenvalue weighted by Gasteiger charge is -2.08. The first-order valence-corrected chi connectivity index (χ1v) is 4.68. The van der Waals surface area contributed by atoms with Crippen LogP contribution in [0.2, 0.25) is 0 Å². The Hall–Kier alpha value is -0.750. The molecule has 0 bridgehead atoms. The molecular formula is C8H9O4S-. The molecule has 0 heterocycles. The second-order valence-electron chi connectivity index (χ2n) is 2.54. The fourth-order valence-corrected chi connectivity index (χ4v) is 1.50. The molecule has 4 nitrogen and oxygen atoms in total. The lowest BCUT2D eigenvalue weighted by Crippen LogP contribution is -1.95. The SMILES string of the molecule is O=S([O-])c1cc(CO)cc(CO)c1. The quantitative estimate of drug-likeness (QED) is 0.670. The van der Waals surface area contributed by atoms with Gasteiger partial charge in [0, 0.05) is 4.90 Å². The van der Waals surface area contributed by atoms with Crippen LogP contribution in [0.5, 0.6) is 0 Å². The van der Waals surface area contributed by atoms with Crippen molar-refractivity contribution >= 4 is 11.1 Å². The van der Waals surface area contributed by atoms with Gasteiger partial charge in [-0.3, -0.25) is 4.21 Å². The van der Waals surface area contributed by atoms with Crippen molar-refractivity contribution < 1.29 is 19.0 Å². The molecule has 0 radical (unpaired) electrons. The summed E-state index contributed by atoms with van der Waals surface area (Å²) in [6, 6.07) is 4.28. The molecule has 0 aliphatic rings. The molecule has 0 amide bonds. The monoisotopic (exact) mass is 201 g/mol. The number of hydrogen-bond donors (Lipinski definition) is 2. The summed E-state index contributed by atoms with van der Waals surface area (Å²) in [6.45, 7) is -0.476. The minimum absolute atomic E-state index is 0.0793. The molecule has 1 aromatic carbocycles. The zero-order valence-electron chi connectivity index (χ0n) is 6.77. The molecule has 1 rings (SSSR count). The minimum atomic E-state index is -2.32. The van der Waals surface area contributed by atoms with Crippen LogP contribution in [0.15, 0.2) is 23.1 Å². The van der Waals surface area contributed by atoms with E-state index in [1.54, 1.807) is 6.07 Å². The van der Waals surface area contributed by atoms with Crippen molar-refractivity contribution in [1.29, 1.82) is 0 Å². The number of aliphatic hydroxyl groups excluding tert-OH is 2. The molecule has 0 spiro atoms. The number of benzene rings is 1. The number of hydrogen-bond acceptors (Lipinski definition) is 4. The van der Waals surface area contributed by atoms with Crippen LogP contribution in [-0.2, 0) is 24.3 Å². The van der Waals surface area contributed by atoms with Crippen molar-refractivity contribution in [3.8, 4) is 0 Å². The lowest BCUT2D eigenvalue weighted by molar-refractivity contribution is 0.275. The maximum absolute atomic E-state index is 10.6. The molecule has 0 saturated carbocycles. The zero-order chi connectivity index (χ0) is 9.84. The van der Waals surface area contributed by atoms with Crippen molar-refractivity contribution in [1.82, 2.24) is 0 Å². The fourth-order valence-electron chi connectivity index (χ4n) is 1.01. The Kier molecular flexibility index (Phi) is 3.56. The maximum Gasteiger partial charge on any atom is 0.0682 e. The highest BCUT2D eigenvalue weighted by Gasteiger charge is 1.99. The van der Waals surface area contributed by atoms with Crippen LogP contribution in [0.1, 0.15) is 11.1 Å². The third-order valence-corrected chi connectivity index (χ3v) is 2.20. The molecule has 2 N–H and O–H groups in total. The van der Waals surface area contributed by atoms with Crippen LogP contribution in [0, 0.1) is 0 Å². The highest BCUT2D eigenvalue weighted by molar-refractivity contribution is 7.79. The van der Waals surface area contributed by atoms with Crippen LogP contribution in [-0.4, -0.2) is 19.0 Å². The predicted octanol–water partition coefficient (Wildman–Crippen LogP) is -0.0908. The van der Waals surface area contributed by atoms with Gasteiger partial charge < -0.3 is 14.8 Å². The third kappa shape index (κ3) is 2.60. The van der Waals surface area contributed by atoms with Crippen molar-refractivity contribution in [3.63, 3.8) is 0 Å². The highest BCUT2D eigenvalue weighted by Crippen LogP contribution is 2.13. The van der Waals surface area contributed by atoms with Crippen molar-refractivity contribution in [2.24, 2.45) is 0 Å². The Bertz CT molecular complexity index is 302. The van der Waals surface area contributed by atoms with Gasteiger partial charge in [-0.05, 0) is 34.3 Å². The summed E-state index contributed by atoms with van der Waals surface area (Å²) >= 11 is -2.32. The molecule has 0 aliphatic heterocycles. The van der Waals surface area contributed by atoms with E-state index in [9.17, 15) is 8.76 Å². The van der Waals surface area contributed by atoms with Crippen molar-refractivity contribution in [2.45, 2.75) is 18.1 Å². The molecule has 72 valence electrons. The molecule has 5 heteroatoms. The Balaban J connectivity index is 3.14. The van der Waals surface area contributed by atoms with Crippen LogP contribution in [0.4, 0.5) is 0 Å². The molecule has 0 fully saturated rings. The van der Waals surface area contributed by atoms with Gasteiger partial charge in [0.1, 0.15) is 0 Å². The van der Waals surface area contributed by atoms with Crippen molar-refractivity contribution in [3.05, 3.63) is 29.3 Å². The Morgan fingerprint density at radius 1 is 1.15 bits per heavy atom. The van der Waals surface area contributed by atoms with E-state index < -0.39 is 11.1 Å². The number of aliphatic hydroxyl groups is 2. The Labute approximate surface area is 78.1 Å². The molecule has 1 aromatic rings. The minimum Gasteiger partial charge on any atom is -0.768 e. The Morgan fingerprint density at radius 2 is 1.62 bits per heavy atom. The van der Waals surface area contributed by atoms with E-state index in [1.807, 2.05) is 0 Å². The zero-order valence-corrected chi connectivity index (χ0v) is 7.58. The molecule has 0 aromatic heterocycles. The van der Waals surface area contributed by atoms with Gasteiger partial charge in [0.05, 0.1) is 13.2 Å². The summed E-state index contributed by atoms with van der Waals surface area (Å²) in [5.74, 6) is 0. The Morgan fingerprint density at radius 3 is 1.92 bits per heavy atom. The van der Waals surface area contributed by atoms with Gasteiger partial charge in [-0.25, -0.2) is 0 Å². The molecular weight excluding hydrogens is 192 g/mol. The van der Waals surface area contributed by atoms with E-state index in [-0.39, 0.29) is 18.1 Å². The largest absolute Gasteiger partial charge is 0.768 e. The van der Waals surface area contributed by atoms with Gasteiger partial charge in [-0.1, -0.05) is 6.07 Å². The third-order valence-electron chi connectivity index (χ3n) is 1.58. The standard InChI is InChI=1S/C8H10O4S/c9-4-6-1-7(5-10)3-8(2-6)13(11)12/h1-3,9-10H,4-5H2,(H,11,12)/p-1. The predicted molar refractivity (Wildman–Crippen MR) is 45.5 cm³/mol. The maximum atomic E-state index is 10.6. The summed E-state index contributed by atoms with van der Waals surface area (Å²) in [5.41, 5.74) is 0.955. The van der Waals surface area contributed by atoms with Crippen LogP contribution in [0.25, 0.3) is 0 Å². The smallest absolute Gasteiger partial charge is 0.0682 e. The first-order chi connectivity index (χ1) is 6.17. The van der Waals surface area contributed by atoms with Gasteiger partial charge in [0.15, 0.2) is 0 Å². The second-order valence-corrected chi connectivity index (χ2v) is 3.48. The van der Waals surface area contributed by atoms with Crippen LogP contribution in [0.3, 0.4) is 0 Å². The van der Waals surface area contributed by atoms with Gasteiger partial charge in [-0.2, -0.15) is 0 Å². The second kappa shape index (κ2) is 4.48. The summed E-state index contributed by atoms with van der Waals surface area (Å²) in [4.78, 5) is 0.0793.